The number of rotatable bonds is 16. The second kappa shape index (κ2) is 15.8. The lowest BCUT2D eigenvalue weighted by molar-refractivity contribution is 0.317. The number of aliphatic imine (C=N–C) groups is 2. The molecule has 0 bridgehead atoms. The van der Waals surface area contributed by atoms with Gasteiger partial charge in [-0.3, -0.25) is 9.98 Å². The third-order valence-electron chi connectivity index (χ3n) is 9.55. The topological polar surface area (TPSA) is 40.0 Å². The molecular formula is C38H51ClF2N4S. The molecule has 5 atom stereocenters. The van der Waals surface area contributed by atoms with E-state index >= 15 is 0 Å². The van der Waals surface area contributed by atoms with Gasteiger partial charge >= 0.3 is 0 Å². The number of hydrogen-bond acceptors (Lipinski definition) is 5. The number of unbranched alkanes of at least 4 members (excludes halogenated alkanes) is 1. The summed E-state index contributed by atoms with van der Waals surface area (Å²) in [6.45, 7) is 15.7. The summed E-state index contributed by atoms with van der Waals surface area (Å²) in [7, 11) is 0. The van der Waals surface area contributed by atoms with Crippen molar-refractivity contribution < 1.29 is 8.78 Å². The normalized spacial score (nSPS) is 24.9. The predicted molar refractivity (Wildman–Crippen MR) is 193 cm³/mol. The zero-order chi connectivity index (χ0) is 32.8. The minimum absolute atomic E-state index is 0.0574. The molecule has 4 aliphatic rings. The highest BCUT2D eigenvalue weighted by Gasteiger charge is 2.42. The molecule has 3 unspecified atom stereocenters. The van der Waals surface area contributed by atoms with Crippen LogP contribution in [0.4, 0.5) is 8.78 Å². The van der Waals surface area contributed by atoms with Gasteiger partial charge in [0, 0.05) is 34.9 Å². The molecule has 0 radical (unpaired) electrons. The summed E-state index contributed by atoms with van der Waals surface area (Å²) in [5.41, 5.74) is 5.59. The lowest BCUT2D eigenvalue weighted by atomic mass is 9.81. The maximum absolute atomic E-state index is 14.2. The largest absolute Gasteiger partial charge is 0.332 e. The monoisotopic (exact) mass is 668 g/mol. The highest BCUT2D eigenvalue weighted by Crippen LogP contribution is 2.46. The quantitative estimate of drug-likeness (QED) is 0.141. The highest BCUT2D eigenvalue weighted by atomic mass is 35.5. The third kappa shape index (κ3) is 8.82. The molecule has 1 saturated heterocycles. The van der Waals surface area contributed by atoms with E-state index in [-0.39, 0.29) is 23.2 Å². The summed E-state index contributed by atoms with van der Waals surface area (Å²) in [6.07, 6.45) is 14.3. The van der Waals surface area contributed by atoms with E-state index in [0.29, 0.717) is 29.2 Å². The summed E-state index contributed by atoms with van der Waals surface area (Å²) in [6, 6.07) is 4.17. The first-order chi connectivity index (χ1) is 22.0. The van der Waals surface area contributed by atoms with Crippen LogP contribution in [0.3, 0.4) is 0 Å². The van der Waals surface area contributed by atoms with E-state index in [1.54, 1.807) is 24.8 Å². The number of alkyl halides is 1. The molecule has 0 amide bonds. The smallest absolute Gasteiger partial charge is 0.124 e. The number of benzene rings is 1. The van der Waals surface area contributed by atoms with Crippen LogP contribution in [0.15, 0.2) is 75.2 Å². The van der Waals surface area contributed by atoms with Crippen molar-refractivity contribution in [1.29, 1.82) is 0 Å². The molecule has 0 spiro atoms. The van der Waals surface area contributed by atoms with E-state index in [2.05, 4.69) is 61.2 Å². The average molecular weight is 669 g/mol. The van der Waals surface area contributed by atoms with Crippen molar-refractivity contribution in [2.24, 2.45) is 21.3 Å². The zero-order valence-corrected chi connectivity index (χ0v) is 29.6. The lowest BCUT2D eigenvalue weighted by Crippen LogP contribution is -2.40. The highest BCUT2D eigenvalue weighted by molar-refractivity contribution is 8.03. The molecule has 4 nitrogen and oxygen atoms in total. The van der Waals surface area contributed by atoms with Gasteiger partial charge < -0.3 is 10.2 Å². The summed E-state index contributed by atoms with van der Waals surface area (Å²) in [5, 5.41) is 6.51. The Balaban J connectivity index is 1.37. The Kier molecular flexibility index (Phi) is 12.0. The van der Waals surface area contributed by atoms with Crippen LogP contribution in [0.1, 0.15) is 97.1 Å². The van der Waals surface area contributed by atoms with Gasteiger partial charge in [0.2, 0.25) is 0 Å². The van der Waals surface area contributed by atoms with Crippen LogP contribution in [0.5, 0.6) is 0 Å². The number of nitrogens with one attached hydrogen (secondary N) is 1. The van der Waals surface area contributed by atoms with Gasteiger partial charge in [-0.2, -0.15) is 0 Å². The number of nitrogens with zero attached hydrogens (tertiary/aromatic N) is 3. The number of thioether (sulfide) groups is 1. The maximum atomic E-state index is 14.2. The van der Waals surface area contributed by atoms with Gasteiger partial charge in [-0.25, -0.2) is 8.78 Å². The van der Waals surface area contributed by atoms with Crippen molar-refractivity contribution in [3.63, 3.8) is 0 Å². The zero-order valence-electron chi connectivity index (χ0n) is 28.0. The number of allylic oxidation sites excluding steroid dienone is 3. The van der Waals surface area contributed by atoms with Crippen LogP contribution in [-0.2, 0) is 0 Å². The fourth-order valence-electron chi connectivity index (χ4n) is 7.18. The number of amidine groups is 1. The van der Waals surface area contributed by atoms with Gasteiger partial charge in [-0.1, -0.05) is 75.6 Å². The van der Waals surface area contributed by atoms with Gasteiger partial charge in [0.1, 0.15) is 17.7 Å². The van der Waals surface area contributed by atoms with Crippen LogP contribution >= 0.6 is 23.4 Å². The molecule has 8 heteroatoms. The first kappa shape index (κ1) is 35.1. The number of fused-ring (bicyclic) bond motifs is 1. The van der Waals surface area contributed by atoms with Gasteiger partial charge in [0.25, 0.3) is 0 Å². The number of hydrogen-bond donors (Lipinski definition) is 1. The molecule has 0 aliphatic carbocycles. The van der Waals surface area contributed by atoms with Crippen molar-refractivity contribution >= 4 is 34.9 Å². The molecule has 4 heterocycles. The molecule has 1 aromatic carbocycles. The van der Waals surface area contributed by atoms with E-state index in [1.807, 2.05) is 0 Å². The minimum Gasteiger partial charge on any atom is -0.332 e. The molecule has 1 fully saturated rings. The maximum Gasteiger partial charge on any atom is 0.124 e. The van der Waals surface area contributed by atoms with Crippen LogP contribution in [0, 0.1) is 17.2 Å². The minimum atomic E-state index is -0.858. The lowest BCUT2D eigenvalue weighted by Gasteiger charge is -2.35. The van der Waals surface area contributed by atoms with Crippen molar-refractivity contribution in [2.45, 2.75) is 109 Å². The molecule has 4 aliphatic heterocycles. The third-order valence-corrected chi connectivity index (χ3v) is 11.0. The van der Waals surface area contributed by atoms with Crippen molar-refractivity contribution in [1.82, 2.24) is 10.2 Å². The molecule has 0 aromatic heterocycles. The van der Waals surface area contributed by atoms with Crippen LogP contribution < -0.4 is 5.32 Å². The average Bonchev–Trinajstić information content (AvgIpc) is 3.78. The predicted octanol–water partition coefficient (Wildman–Crippen LogP) is 10.2. The Bertz CT molecular complexity index is 1400. The standard InChI is InChI=1S/C38H51ClF2N4S/c1-6-7-17-38(4,5)22-25(2)16-18-42-23-27-20-33-35(32-15-13-29(43-32)12-10-26(3)40)36(30-14-11-28(41)21-31(30)39)44-37(45(33)24-27)34-9-8-19-46-34/h8,11,13-15,19,21,26-27,29,34,36,42H,2,6-7,9-10,12,16-18,20,22-24H2,1,3-5H3/t26?,27-,29?,34?,36+/m1/s1. The SMILES string of the molecule is C=C(CCNC[C@H]1CC2=C(C3=NC(CCC(C)F)C=C3)[C@H](c3ccc(F)cc3Cl)N=C(C3CC=CS3)N2C1)CC(C)(C)CCCC. The summed E-state index contributed by atoms with van der Waals surface area (Å²) >= 11 is 8.53. The van der Waals surface area contributed by atoms with E-state index in [1.165, 1.54) is 42.7 Å². The Morgan fingerprint density at radius 1 is 1.28 bits per heavy atom. The van der Waals surface area contributed by atoms with Crippen LogP contribution in [0.2, 0.25) is 5.02 Å². The van der Waals surface area contributed by atoms with Gasteiger partial charge in [0.15, 0.2) is 0 Å². The first-order valence-corrected chi connectivity index (χ1v) is 18.5. The Morgan fingerprint density at radius 2 is 2.11 bits per heavy atom. The van der Waals surface area contributed by atoms with Gasteiger partial charge in [-0.05, 0) is 93.4 Å². The molecular weight excluding hydrogens is 618 g/mol. The van der Waals surface area contributed by atoms with Gasteiger partial charge in [-0.15, -0.1) is 11.8 Å². The van der Waals surface area contributed by atoms with Crippen molar-refractivity contribution in [2.75, 3.05) is 19.6 Å². The Labute approximate surface area is 284 Å². The molecule has 250 valence electrons. The Hall–Kier alpha value is -2.22. The van der Waals surface area contributed by atoms with E-state index in [0.717, 1.165) is 68.0 Å². The fourth-order valence-corrected chi connectivity index (χ4v) is 8.39. The second-order valence-electron chi connectivity index (χ2n) is 14.3. The van der Waals surface area contributed by atoms with Gasteiger partial charge in [0.05, 0.1) is 23.2 Å². The fraction of sp³-hybridized carbons (Fsp3) is 0.579. The molecule has 0 saturated carbocycles. The van der Waals surface area contributed by atoms with E-state index in [9.17, 15) is 8.78 Å². The molecule has 1 aromatic rings. The number of halogens is 3. The Morgan fingerprint density at radius 3 is 2.83 bits per heavy atom. The van der Waals surface area contributed by atoms with E-state index in [4.69, 9.17) is 21.6 Å². The van der Waals surface area contributed by atoms with Crippen molar-refractivity contribution in [3.05, 3.63) is 81.7 Å². The second-order valence-corrected chi connectivity index (χ2v) is 15.8. The van der Waals surface area contributed by atoms with E-state index < -0.39 is 6.17 Å². The van der Waals surface area contributed by atoms with Crippen LogP contribution in [0.25, 0.3) is 0 Å². The van der Waals surface area contributed by atoms with Crippen LogP contribution in [-0.4, -0.2) is 53.5 Å². The summed E-state index contributed by atoms with van der Waals surface area (Å²) < 4.78 is 27.9. The summed E-state index contributed by atoms with van der Waals surface area (Å²) in [4.78, 5) is 12.9. The first-order valence-electron chi connectivity index (χ1n) is 17.2. The van der Waals surface area contributed by atoms with Crippen molar-refractivity contribution in [3.8, 4) is 0 Å². The molecule has 1 N–H and O–H groups in total. The molecule has 5 rings (SSSR count). The molecule has 46 heavy (non-hydrogen) atoms. The summed E-state index contributed by atoms with van der Waals surface area (Å²) in [5.74, 6) is 1.10.